The van der Waals surface area contributed by atoms with Gasteiger partial charge in [0.2, 0.25) is 11.7 Å². The van der Waals surface area contributed by atoms with Crippen molar-refractivity contribution >= 4 is 0 Å². The predicted octanol–water partition coefficient (Wildman–Crippen LogP) is 2.86. The second kappa shape index (κ2) is 5.93. The van der Waals surface area contributed by atoms with Gasteiger partial charge in [0.15, 0.2) is 0 Å². The van der Waals surface area contributed by atoms with Crippen LogP contribution in [0.2, 0.25) is 0 Å². The molecule has 5 heteroatoms. The molecule has 0 unspecified atom stereocenters. The third-order valence-electron chi connectivity index (χ3n) is 4.29. The Balaban J connectivity index is 1.92. The molecule has 0 aromatic carbocycles. The molecule has 0 atom stereocenters. The van der Waals surface area contributed by atoms with Crippen molar-refractivity contribution in [1.29, 1.82) is 0 Å². The van der Waals surface area contributed by atoms with Crippen LogP contribution in [0.5, 0.6) is 0 Å². The largest absolute Gasteiger partial charge is 0.338 e. The molecule has 5 nitrogen and oxygen atoms in total. The van der Waals surface area contributed by atoms with Crippen molar-refractivity contribution in [1.82, 2.24) is 20.4 Å². The Morgan fingerprint density at radius 1 is 1.24 bits per heavy atom. The van der Waals surface area contributed by atoms with Gasteiger partial charge in [-0.1, -0.05) is 24.6 Å². The summed E-state index contributed by atoms with van der Waals surface area (Å²) in [7, 11) is 0. The molecule has 112 valence electrons. The second-order valence-electron chi connectivity index (χ2n) is 5.87. The van der Waals surface area contributed by atoms with Crippen LogP contribution in [-0.4, -0.2) is 28.2 Å². The van der Waals surface area contributed by atoms with E-state index in [2.05, 4.69) is 27.4 Å². The zero-order valence-electron chi connectivity index (χ0n) is 12.7. The van der Waals surface area contributed by atoms with Crippen molar-refractivity contribution in [3.05, 3.63) is 29.8 Å². The van der Waals surface area contributed by atoms with Crippen LogP contribution in [0.3, 0.4) is 0 Å². The summed E-state index contributed by atoms with van der Waals surface area (Å²) in [5, 5.41) is 7.57. The lowest BCUT2D eigenvalue weighted by Crippen LogP contribution is -2.40. The molecule has 21 heavy (non-hydrogen) atoms. The summed E-state index contributed by atoms with van der Waals surface area (Å²) in [4.78, 5) is 9.14. The highest BCUT2D eigenvalue weighted by atomic mass is 16.5. The number of nitrogens with one attached hydrogen (secondary N) is 1. The average molecular weight is 286 g/mol. The maximum atomic E-state index is 5.63. The third kappa shape index (κ3) is 2.83. The number of aryl methyl sites for hydroxylation is 1. The van der Waals surface area contributed by atoms with Crippen LogP contribution >= 0.6 is 0 Å². The van der Waals surface area contributed by atoms with Gasteiger partial charge in [0, 0.05) is 5.69 Å². The fourth-order valence-electron chi connectivity index (χ4n) is 3.17. The SMILES string of the molecule is CCCC1(c2nc(-c3cccc(C)n3)no2)CCNCC1. The molecule has 3 rings (SSSR count). The Morgan fingerprint density at radius 2 is 2.05 bits per heavy atom. The first-order chi connectivity index (χ1) is 10.2. The third-order valence-corrected chi connectivity index (χ3v) is 4.29. The summed E-state index contributed by atoms with van der Waals surface area (Å²) in [6.45, 7) is 6.21. The first kappa shape index (κ1) is 14.2. The fourth-order valence-corrected chi connectivity index (χ4v) is 3.17. The maximum Gasteiger partial charge on any atom is 0.233 e. The maximum absolute atomic E-state index is 5.63. The zero-order chi connectivity index (χ0) is 14.7. The minimum absolute atomic E-state index is 0.0368. The van der Waals surface area contributed by atoms with Crippen LogP contribution in [0.25, 0.3) is 11.5 Å². The Bertz CT molecular complexity index is 596. The average Bonchev–Trinajstić information content (AvgIpc) is 2.99. The number of piperidine rings is 1. The van der Waals surface area contributed by atoms with Gasteiger partial charge >= 0.3 is 0 Å². The molecular formula is C16H22N4O. The van der Waals surface area contributed by atoms with E-state index in [1.807, 2.05) is 25.1 Å². The monoisotopic (exact) mass is 286 g/mol. The summed E-state index contributed by atoms with van der Waals surface area (Å²) >= 11 is 0. The summed E-state index contributed by atoms with van der Waals surface area (Å²) < 4.78 is 5.63. The summed E-state index contributed by atoms with van der Waals surface area (Å²) in [5.41, 5.74) is 1.78. The molecule has 0 amide bonds. The van der Waals surface area contributed by atoms with Gasteiger partial charge in [-0.3, -0.25) is 0 Å². The second-order valence-corrected chi connectivity index (χ2v) is 5.87. The van der Waals surface area contributed by atoms with Crippen molar-refractivity contribution in [3.63, 3.8) is 0 Å². The van der Waals surface area contributed by atoms with E-state index in [0.29, 0.717) is 5.82 Å². The van der Waals surface area contributed by atoms with Crippen molar-refractivity contribution in [2.75, 3.05) is 13.1 Å². The molecule has 1 N–H and O–H groups in total. The van der Waals surface area contributed by atoms with Gasteiger partial charge in [-0.05, 0) is 51.4 Å². The van der Waals surface area contributed by atoms with Crippen LogP contribution in [0.15, 0.2) is 22.7 Å². The van der Waals surface area contributed by atoms with E-state index in [9.17, 15) is 0 Å². The molecule has 1 saturated heterocycles. The van der Waals surface area contributed by atoms with Crippen LogP contribution in [0.4, 0.5) is 0 Å². The van der Waals surface area contributed by atoms with E-state index in [4.69, 9.17) is 4.52 Å². The molecule has 0 bridgehead atoms. The first-order valence-electron chi connectivity index (χ1n) is 7.72. The number of nitrogens with zero attached hydrogens (tertiary/aromatic N) is 3. The normalized spacial score (nSPS) is 17.8. The smallest absolute Gasteiger partial charge is 0.233 e. The number of pyridine rings is 1. The Labute approximate surface area is 125 Å². The fraction of sp³-hybridized carbons (Fsp3) is 0.562. The summed E-state index contributed by atoms with van der Waals surface area (Å²) in [6.07, 6.45) is 4.34. The van der Waals surface area contributed by atoms with Gasteiger partial charge in [0.05, 0.1) is 5.41 Å². The molecule has 0 aliphatic carbocycles. The van der Waals surface area contributed by atoms with Gasteiger partial charge in [-0.2, -0.15) is 4.98 Å². The number of hydrogen-bond donors (Lipinski definition) is 1. The van der Waals surface area contributed by atoms with Crippen LogP contribution < -0.4 is 5.32 Å². The molecule has 1 fully saturated rings. The highest BCUT2D eigenvalue weighted by Gasteiger charge is 2.38. The van der Waals surface area contributed by atoms with E-state index in [-0.39, 0.29) is 5.41 Å². The highest BCUT2D eigenvalue weighted by Crippen LogP contribution is 2.37. The van der Waals surface area contributed by atoms with E-state index >= 15 is 0 Å². The van der Waals surface area contributed by atoms with Gasteiger partial charge < -0.3 is 9.84 Å². The lowest BCUT2D eigenvalue weighted by atomic mass is 9.75. The topological polar surface area (TPSA) is 63.8 Å². The Morgan fingerprint density at radius 3 is 2.76 bits per heavy atom. The lowest BCUT2D eigenvalue weighted by Gasteiger charge is -2.34. The van der Waals surface area contributed by atoms with Gasteiger partial charge in [0.25, 0.3) is 0 Å². The van der Waals surface area contributed by atoms with Gasteiger partial charge in [-0.15, -0.1) is 0 Å². The van der Waals surface area contributed by atoms with E-state index in [1.54, 1.807) is 0 Å². The molecule has 0 radical (unpaired) electrons. The molecular weight excluding hydrogens is 264 g/mol. The number of rotatable bonds is 4. The molecule has 2 aromatic rings. The zero-order valence-corrected chi connectivity index (χ0v) is 12.7. The highest BCUT2D eigenvalue weighted by molar-refractivity contribution is 5.48. The Kier molecular flexibility index (Phi) is 4.01. The minimum Gasteiger partial charge on any atom is -0.338 e. The Hall–Kier alpha value is -1.75. The quantitative estimate of drug-likeness (QED) is 0.936. The molecule has 1 aliphatic rings. The lowest BCUT2D eigenvalue weighted by molar-refractivity contribution is 0.208. The molecule has 3 heterocycles. The minimum atomic E-state index is 0.0368. The van der Waals surface area contributed by atoms with Gasteiger partial charge in [0.1, 0.15) is 5.69 Å². The van der Waals surface area contributed by atoms with Crippen molar-refractivity contribution in [2.24, 2.45) is 0 Å². The van der Waals surface area contributed by atoms with E-state index in [1.165, 1.54) is 0 Å². The van der Waals surface area contributed by atoms with E-state index in [0.717, 1.165) is 56.1 Å². The van der Waals surface area contributed by atoms with Crippen molar-refractivity contribution in [3.8, 4) is 11.5 Å². The van der Waals surface area contributed by atoms with E-state index < -0.39 is 0 Å². The van der Waals surface area contributed by atoms with Gasteiger partial charge in [-0.25, -0.2) is 4.98 Å². The summed E-state index contributed by atoms with van der Waals surface area (Å²) in [6, 6.07) is 5.87. The number of hydrogen-bond acceptors (Lipinski definition) is 5. The molecule has 2 aromatic heterocycles. The molecule has 0 spiro atoms. The number of aromatic nitrogens is 3. The summed E-state index contributed by atoms with van der Waals surface area (Å²) in [5.74, 6) is 1.38. The predicted molar refractivity (Wildman–Crippen MR) is 81.0 cm³/mol. The van der Waals surface area contributed by atoms with Crippen LogP contribution in [0.1, 0.15) is 44.2 Å². The van der Waals surface area contributed by atoms with Crippen molar-refractivity contribution in [2.45, 2.75) is 44.9 Å². The molecule has 0 saturated carbocycles. The first-order valence-corrected chi connectivity index (χ1v) is 7.72. The van der Waals surface area contributed by atoms with Crippen LogP contribution in [0, 0.1) is 6.92 Å². The molecule has 1 aliphatic heterocycles. The van der Waals surface area contributed by atoms with Crippen LogP contribution in [-0.2, 0) is 5.41 Å². The standard InChI is InChI=1S/C16H22N4O/c1-3-7-16(8-10-17-11-9-16)15-19-14(20-21-15)13-6-4-5-12(2)18-13/h4-6,17H,3,7-11H2,1-2H3. The van der Waals surface area contributed by atoms with Crippen molar-refractivity contribution < 1.29 is 4.52 Å².